The number of carbonyl (C=O) groups excluding carboxylic acids is 2. The Hall–Kier alpha value is -2.02. The average molecular weight is 369 g/mol. The van der Waals surface area contributed by atoms with Crippen LogP contribution >= 0.6 is 0 Å². The van der Waals surface area contributed by atoms with Crippen LogP contribution in [-0.2, 0) is 9.59 Å². The molecule has 3 atom stereocenters. The highest BCUT2D eigenvalue weighted by molar-refractivity contribution is 5.96. The number of carbonyl (C=O) groups is 2. The lowest BCUT2D eigenvalue weighted by molar-refractivity contribution is -0.140. The van der Waals surface area contributed by atoms with E-state index in [-0.39, 0.29) is 17.2 Å². The minimum atomic E-state index is -0.558. The number of hydrogen-bond acceptors (Lipinski definition) is 5. The van der Waals surface area contributed by atoms with Crippen molar-refractivity contribution in [1.29, 1.82) is 0 Å². The van der Waals surface area contributed by atoms with Crippen molar-refractivity contribution in [1.82, 2.24) is 16.1 Å². The second-order valence-corrected chi connectivity index (χ2v) is 8.31. The molecule has 1 amide bonds. The van der Waals surface area contributed by atoms with Gasteiger partial charge in [0.05, 0.1) is 18.0 Å². The number of aryl methyl sites for hydroxylation is 1. The van der Waals surface area contributed by atoms with Gasteiger partial charge in [-0.2, -0.15) is 0 Å². The van der Waals surface area contributed by atoms with Crippen molar-refractivity contribution < 1.29 is 14.8 Å². The molecule has 4 rings (SSSR count). The molecule has 1 aromatic carbocycles. The number of hydroxylamine groups is 1. The van der Waals surface area contributed by atoms with Crippen LogP contribution in [-0.4, -0.2) is 42.1 Å². The first kappa shape index (κ1) is 18.3. The third kappa shape index (κ3) is 3.70. The molecule has 6 nitrogen and oxygen atoms in total. The maximum absolute atomic E-state index is 13.2. The Balaban J connectivity index is 1.50. The third-order valence-electron chi connectivity index (χ3n) is 6.33. The summed E-state index contributed by atoms with van der Waals surface area (Å²) >= 11 is 0. The molecule has 1 spiro atoms. The minimum absolute atomic E-state index is 0.0114. The maximum atomic E-state index is 13.2. The second kappa shape index (κ2) is 7.19. The summed E-state index contributed by atoms with van der Waals surface area (Å²) in [4.78, 5) is 25.5. The molecule has 2 aliphatic heterocycles. The fourth-order valence-corrected chi connectivity index (χ4v) is 4.51. The highest BCUT2D eigenvalue weighted by atomic mass is 16.5. The molecule has 0 bridgehead atoms. The molecule has 1 saturated carbocycles. The summed E-state index contributed by atoms with van der Waals surface area (Å²) in [6.45, 7) is 3.46. The van der Waals surface area contributed by atoms with Crippen LogP contribution in [0.2, 0.25) is 0 Å². The number of rotatable bonds is 4. The van der Waals surface area contributed by atoms with Gasteiger partial charge in [0.25, 0.3) is 0 Å². The lowest BCUT2D eigenvalue weighted by Crippen LogP contribution is -2.59. The zero-order valence-corrected chi connectivity index (χ0v) is 15.6. The van der Waals surface area contributed by atoms with Crippen LogP contribution in [0.1, 0.15) is 36.8 Å². The molecule has 144 valence electrons. The highest BCUT2D eigenvalue weighted by Crippen LogP contribution is 2.52. The van der Waals surface area contributed by atoms with Crippen LogP contribution in [0.5, 0.6) is 0 Å². The summed E-state index contributed by atoms with van der Waals surface area (Å²) in [5.41, 5.74) is 5.40. The number of hydrogen-bond donors (Lipinski definition) is 4. The quantitative estimate of drug-likeness (QED) is 0.478. The monoisotopic (exact) mass is 369 g/mol. The molecule has 1 aromatic rings. The topological polar surface area (TPSA) is 90.5 Å². The Bertz CT molecular complexity index is 785. The zero-order valence-electron chi connectivity index (χ0n) is 15.6. The van der Waals surface area contributed by atoms with Gasteiger partial charge in [-0.05, 0) is 49.2 Å². The summed E-state index contributed by atoms with van der Waals surface area (Å²) in [7, 11) is 0. The van der Waals surface area contributed by atoms with E-state index >= 15 is 0 Å². The SMILES string of the molecule is Cc1cccc(C2=CCNC(C(=O)C3NCC4(CC4)CC3C(=O)NO)C2)c1. The van der Waals surface area contributed by atoms with Gasteiger partial charge in [0, 0.05) is 13.1 Å². The Morgan fingerprint density at radius 3 is 2.78 bits per heavy atom. The van der Waals surface area contributed by atoms with Gasteiger partial charge >= 0.3 is 0 Å². The van der Waals surface area contributed by atoms with E-state index in [1.165, 1.54) is 5.56 Å². The fraction of sp³-hybridized carbons (Fsp3) is 0.524. The van der Waals surface area contributed by atoms with Crippen LogP contribution in [0.25, 0.3) is 5.57 Å². The predicted molar refractivity (Wildman–Crippen MR) is 102 cm³/mol. The molecule has 0 radical (unpaired) electrons. The van der Waals surface area contributed by atoms with Gasteiger partial charge in [0.2, 0.25) is 5.91 Å². The summed E-state index contributed by atoms with van der Waals surface area (Å²) < 4.78 is 0. The van der Waals surface area contributed by atoms with Gasteiger partial charge in [-0.1, -0.05) is 35.9 Å². The van der Waals surface area contributed by atoms with E-state index in [1.54, 1.807) is 5.48 Å². The first-order valence-electron chi connectivity index (χ1n) is 9.72. The third-order valence-corrected chi connectivity index (χ3v) is 6.33. The number of ketones is 1. The van der Waals surface area contributed by atoms with Gasteiger partial charge in [-0.15, -0.1) is 0 Å². The van der Waals surface area contributed by atoms with Crippen molar-refractivity contribution in [2.45, 2.75) is 44.7 Å². The Kier molecular flexibility index (Phi) is 4.88. The van der Waals surface area contributed by atoms with Crippen molar-refractivity contribution in [2.75, 3.05) is 13.1 Å². The Morgan fingerprint density at radius 2 is 2.07 bits per heavy atom. The number of piperidine rings is 1. The molecular weight excluding hydrogens is 342 g/mol. The van der Waals surface area contributed by atoms with Gasteiger partial charge in [-0.3, -0.25) is 14.8 Å². The average Bonchev–Trinajstić information content (AvgIpc) is 3.45. The zero-order chi connectivity index (χ0) is 19.0. The molecule has 2 heterocycles. The van der Waals surface area contributed by atoms with Crippen molar-refractivity contribution >= 4 is 17.3 Å². The molecule has 0 aromatic heterocycles. The van der Waals surface area contributed by atoms with Crippen LogP contribution < -0.4 is 16.1 Å². The minimum Gasteiger partial charge on any atom is -0.306 e. The number of amides is 1. The summed E-state index contributed by atoms with van der Waals surface area (Å²) in [6, 6.07) is 7.41. The van der Waals surface area contributed by atoms with Crippen molar-refractivity contribution in [3.8, 4) is 0 Å². The van der Waals surface area contributed by atoms with Gasteiger partial charge < -0.3 is 10.6 Å². The summed E-state index contributed by atoms with van der Waals surface area (Å²) in [6.07, 6.45) is 5.56. The molecule has 3 aliphatic rings. The smallest absolute Gasteiger partial charge is 0.248 e. The van der Waals surface area contributed by atoms with Gasteiger partial charge in [0.1, 0.15) is 0 Å². The van der Waals surface area contributed by atoms with E-state index in [0.29, 0.717) is 19.4 Å². The van der Waals surface area contributed by atoms with Crippen LogP contribution in [0.3, 0.4) is 0 Å². The normalized spacial score (nSPS) is 29.1. The van der Waals surface area contributed by atoms with E-state index in [0.717, 1.165) is 30.5 Å². The van der Waals surface area contributed by atoms with E-state index in [2.05, 4.69) is 41.8 Å². The highest BCUT2D eigenvalue weighted by Gasteiger charge is 2.52. The molecule has 3 unspecified atom stereocenters. The first-order chi connectivity index (χ1) is 13.0. The molecule has 1 aliphatic carbocycles. The van der Waals surface area contributed by atoms with Crippen molar-refractivity contribution in [2.24, 2.45) is 11.3 Å². The Morgan fingerprint density at radius 1 is 1.26 bits per heavy atom. The number of nitrogens with one attached hydrogen (secondary N) is 3. The lowest BCUT2D eigenvalue weighted by Gasteiger charge is -2.37. The summed E-state index contributed by atoms with van der Waals surface area (Å²) in [5, 5.41) is 15.7. The predicted octanol–water partition coefficient (Wildman–Crippen LogP) is 1.57. The maximum Gasteiger partial charge on any atom is 0.248 e. The van der Waals surface area contributed by atoms with Crippen molar-refractivity contribution in [3.05, 3.63) is 41.5 Å². The van der Waals surface area contributed by atoms with Gasteiger partial charge in [-0.25, -0.2) is 5.48 Å². The number of benzene rings is 1. The lowest BCUT2D eigenvalue weighted by atomic mass is 9.78. The standard InChI is InChI=1S/C21H27N3O3/c1-13-3-2-4-14(9-13)15-5-8-22-17(10-15)19(25)18-16(20(26)24-27)11-21(6-7-21)12-23-18/h2-5,9,16-18,22-23,27H,6-8,10-12H2,1H3,(H,24,26). The van der Waals surface area contributed by atoms with E-state index < -0.39 is 17.9 Å². The Labute approximate surface area is 159 Å². The van der Waals surface area contributed by atoms with Gasteiger partial charge in [0.15, 0.2) is 5.78 Å². The fourth-order valence-electron chi connectivity index (χ4n) is 4.51. The van der Waals surface area contributed by atoms with E-state index in [9.17, 15) is 9.59 Å². The molecule has 2 fully saturated rings. The second-order valence-electron chi connectivity index (χ2n) is 8.31. The van der Waals surface area contributed by atoms with Crippen LogP contribution in [0.15, 0.2) is 30.3 Å². The molecule has 27 heavy (non-hydrogen) atoms. The van der Waals surface area contributed by atoms with Crippen LogP contribution in [0.4, 0.5) is 0 Å². The molecule has 6 heteroatoms. The largest absolute Gasteiger partial charge is 0.306 e. The van der Waals surface area contributed by atoms with E-state index in [4.69, 9.17) is 5.21 Å². The first-order valence-corrected chi connectivity index (χ1v) is 9.72. The molecule has 1 saturated heterocycles. The van der Waals surface area contributed by atoms with Crippen LogP contribution in [0, 0.1) is 18.3 Å². The van der Waals surface area contributed by atoms with Crippen molar-refractivity contribution in [3.63, 3.8) is 0 Å². The summed E-state index contributed by atoms with van der Waals surface area (Å²) in [5.74, 6) is -0.969. The number of Topliss-reactive ketones (excluding diaryl/α,β-unsaturated/α-hetero) is 1. The molecular formula is C21H27N3O3. The van der Waals surface area contributed by atoms with E-state index in [1.807, 2.05) is 6.07 Å². The molecule has 4 N–H and O–H groups in total.